The SMILES string of the molecule is CN1C(=O)N(c2ccccc2Br)Cc2cnc(N(Cc3ccccc3)C3=COCO3)nc21. The number of benzene rings is 2. The number of carbonyl (C=O) groups is 1. The van der Waals surface area contributed by atoms with E-state index in [1.54, 1.807) is 29.3 Å². The van der Waals surface area contributed by atoms with Crippen LogP contribution in [0.1, 0.15) is 11.1 Å². The molecule has 0 saturated heterocycles. The van der Waals surface area contributed by atoms with Crippen LogP contribution < -0.4 is 14.7 Å². The Hall–Kier alpha value is -3.59. The summed E-state index contributed by atoms with van der Waals surface area (Å²) in [7, 11) is 1.72. The average Bonchev–Trinajstić information content (AvgIpc) is 3.36. The largest absolute Gasteiger partial charge is 0.459 e. The van der Waals surface area contributed by atoms with Gasteiger partial charge < -0.3 is 9.47 Å². The van der Waals surface area contributed by atoms with Gasteiger partial charge in [0.2, 0.25) is 18.6 Å². The van der Waals surface area contributed by atoms with E-state index in [1.807, 2.05) is 59.5 Å². The van der Waals surface area contributed by atoms with Crippen molar-refractivity contribution in [2.24, 2.45) is 0 Å². The van der Waals surface area contributed by atoms with Crippen LogP contribution in [0.3, 0.4) is 0 Å². The van der Waals surface area contributed by atoms with Crippen LogP contribution in [0, 0.1) is 0 Å². The molecule has 3 heterocycles. The van der Waals surface area contributed by atoms with Crippen LogP contribution in [0.4, 0.5) is 22.2 Å². The number of hydrogen-bond acceptors (Lipinski definition) is 6. The van der Waals surface area contributed by atoms with Gasteiger partial charge in [0.05, 0.1) is 18.8 Å². The maximum Gasteiger partial charge on any atom is 0.330 e. The maximum absolute atomic E-state index is 13.2. The topological polar surface area (TPSA) is 71.0 Å². The summed E-state index contributed by atoms with van der Waals surface area (Å²) in [5.74, 6) is 1.52. The molecule has 3 aromatic rings. The molecule has 2 aromatic carbocycles. The van der Waals surface area contributed by atoms with E-state index in [9.17, 15) is 4.79 Å². The normalized spacial score (nSPS) is 15.1. The minimum atomic E-state index is -0.164. The molecule has 0 saturated carbocycles. The highest BCUT2D eigenvalue weighted by atomic mass is 79.9. The lowest BCUT2D eigenvalue weighted by Gasteiger charge is -2.35. The standard InChI is InChI=1S/C23H20BrN5O3/c1-27-21-17(13-28(23(27)30)19-10-6-5-9-18(19)24)11-25-22(26-21)29(20-14-31-15-32-20)12-16-7-3-2-4-8-16/h2-11,14H,12-13,15H2,1H3. The fourth-order valence-corrected chi connectivity index (χ4v) is 4.18. The zero-order valence-electron chi connectivity index (χ0n) is 17.3. The van der Waals surface area contributed by atoms with Gasteiger partial charge in [-0.3, -0.25) is 14.7 Å². The van der Waals surface area contributed by atoms with Gasteiger partial charge >= 0.3 is 6.03 Å². The molecule has 9 heteroatoms. The second-order valence-corrected chi connectivity index (χ2v) is 8.21. The number of nitrogens with zero attached hydrogens (tertiary/aromatic N) is 5. The molecule has 2 amide bonds. The first-order valence-electron chi connectivity index (χ1n) is 10.0. The summed E-state index contributed by atoms with van der Waals surface area (Å²) in [4.78, 5) is 27.6. The highest BCUT2D eigenvalue weighted by molar-refractivity contribution is 9.10. The average molecular weight is 494 g/mol. The quantitative estimate of drug-likeness (QED) is 0.516. The van der Waals surface area contributed by atoms with Gasteiger partial charge in [-0.2, -0.15) is 4.98 Å². The molecule has 0 N–H and O–H groups in total. The van der Waals surface area contributed by atoms with Crippen molar-refractivity contribution in [3.8, 4) is 0 Å². The molecule has 2 aliphatic rings. The molecule has 8 nitrogen and oxygen atoms in total. The van der Waals surface area contributed by atoms with Crippen LogP contribution in [-0.2, 0) is 22.6 Å². The van der Waals surface area contributed by atoms with Crippen molar-refractivity contribution in [3.05, 3.63) is 88.5 Å². The first-order valence-corrected chi connectivity index (χ1v) is 10.8. The Labute approximate surface area is 193 Å². The molecule has 0 bridgehead atoms. The number of rotatable bonds is 5. The highest BCUT2D eigenvalue weighted by Gasteiger charge is 2.32. The number of fused-ring (bicyclic) bond motifs is 1. The van der Waals surface area contributed by atoms with E-state index in [0.717, 1.165) is 21.3 Å². The number of para-hydroxylation sites is 1. The predicted octanol–water partition coefficient (Wildman–Crippen LogP) is 4.63. The molecule has 0 spiro atoms. The molecular weight excluding hydrogens is 474 g/mol. The summed E-state index contributed by atoms with van der Waals surface area (Å²) in [6.45, 7) is 1.02. The van der Waals surface area contributed by atoms with Crippen molar-refractivity contribution < 1.29 is 14.3 Å². The van der Waals surface area contributed by atoms with E-state index in [0.29, 0.717) is 30.7 Å². The Morgan fingerprint density at radius 3 is 2.66 bits per heavy atom. The third-order valence-corrected chi connectivity index (χ3v) is 5.96. The van der Waals surface area contributed by atoms with E-state index in [4.69, 9.17) is 14.5 Å². The molecule has 0 atom stereocenters. The first-order chi connectivity index (χ1) is 15.6. The number of urea groups is 1. The number of halogens is 1. The second kappa shape index (κ2) is 8.51. The van der Waals surface area contributed by atoms with Gasteiger partial charge in [0, 0.05) is 23.3 Å². The minimum absolute atomic E-state index is 0.144. The van der Waals surface area contributed by atoms with Crippen LogP contribution in [0.25, 0.3) is 0 Å². The molecule has 0 aliphatic carbocycles. The molecule has 5 rings (SSSR count). The molecule has 0 radical (unpaired) electrons. The summed E-state index contributed by atoms with van der Waals surface area (Å²) >= 11 is 3.54. The number of aromatic nitrogens is 2. The first kappa shape index (κ1) is 20.3. The van der Waals surface area contributed by atoms with Crippen molar-refractivity contribution in [3.63, 3.8) is 0 Å². The summed E-state index contributed by atoms with van der Waals surface area (Å²) in [6.07, 6.45) is 3.31. The van der Waals surface area contributed by atoms with Crippen LogP contribution in [0.5, 0.6) is 0 Å². The molecular formula is C23H20BrN5O3. The van der Waals surface area contributed by atoms with Crippen molar-refractivity contribution in [1.29, 1.82) is 0 Å². The van der Waals surface area contributed by atoms with Gasteiger partial charge in [-0.1, -0.05) is 42.5 Å². The smallest absolute Gasteiger partial charge is 0.330 e. The van der Waals surface area contributed by atoms with Crippen LogP contribution in [-0.4, -0.2) is 29.8 Å². The van der Waals surface area contributed by atoms with Crippen LogP contribution in [0.2, 0.25) is 0 Å². The Morgan fingerprint density at radius 2 is 1.91 bits per heavy atom. The fourth-order valence-electron chi connectivity index (χ4n) is 3.68. The van der Waals surface area contributed by atoms with E-state index >= 15 is 0 Å². The number of hydrogen-bond donors (Lipinski definition) is 0. The van der Waals surface area contributed by atoms with E-state index in [-0.39, 0.29) is 12.8 Å². The zero-order valence-corrected chi connectivity index (χ0v) is 18.9. The number of carbonyl (C=O) groups excluding carboxylic acids is 1. The highest BCUT2D eigenvalue weighted by Crippen LogP contribution is 2.34. The zero-order chi connectivity index (χ0) is 22.1. The van der Waals surface area contributed by atoms with Crippen LogP contribution >= 0.6 is 15.9 Å². The van der Waals surface area contributed by atoms with Crippen molar-refractivity contribution in [1.82, 2.24) is 9.97 Å². The predicted molar refractivity (Wildman–Crippen MR) is 124 cm³/mol. The second-order valence-electron chi connectivity index (χ2n) is 7.35. The summed E-state index contributed by atoms with van der Waals surface area (Å²) in [5, 5.41) is 0. The van der Waals surface area contributed by atoms with Gasteiger partial charge in [-0.05, 0) is 33.6 Å². The van der Waals surface area contributed by atoms with Crippen LogP contribution in [0.15, 0.2) is 77.4 Å². The Kier molecular flexibility index (Phi) is 5.40. The van der Waals surface area contributed by atoms with Crippen molar-refractivity contribution in [2.75, 3.05) is 28.5 Å². The molecule has 0 unspecified atom stereocenters. The molecule has 32 heavy (non-hydrogen) atoms. The van der Waals surface area contributed by atoms with E-state index in [2.05, 4.69) is 20.9 Å². The third kappa shape index (κ3) is 3.75. The summed E-state index contributed by atoms with van der Waals surface area (Å²) in [6, 6.07) is 17.4. The lowest BCUT2D eigenvalue weighted by atomic mass is 10.2. The van der Waals surface area contributed by atoms with Gasteiger partial charge in [0.15, 0.2) is 0 Å². The van der Waals surface area contributed by atoms with Gasteiger partial charge in [0.25, 0.3) is 0 Å². The Bertz CT molecular complexity index is 1190. The molecule has 0 fully saturated rings. The van der Waals surface area contributed by atoms with Crippen molar-refractivity contribution in [2.45, 2.75) is 13.1 Å². The van der Waals surface area contributed by atoms with Gasteiger partial charge in [0.1, 0.15) is 12.1 Å². The lowest BCUT2D eigenvalue weighted by molar-refractivity contribution is 0.0780. The number of ether oxygens (including phenoxy) is 2. The maximum atomic E-state index is 13.2. The van der Waals surface area contributed by atoms with E-state index < -0.39 is 0 Å². The number of amides is 2. The summed E-state index contributed by atoms with van der Waals surface area (Å²) in [5.41, 5.74) is 2.71. The minimum Gasteiger partial charge on any atom is -0.459 e. The van der Waals surface area contributed by atoms with Gasteiger partial charge in [-0.25, -0.2) is 9.78 Å². The molecule has 162 valence electrons. The van der Waals surface area contributed by atoms with E-state index in [1.165, 1.54) is 0 Å². The number of anilines is 3. The third-order valence-electron chi connectivity index (χ3n) is 5.29. The molecule has 2 aliphatic heterocycles. The Balaban J connectivity index is 1.50. The molecule has 1 aromatic heterocycles. The monoisotopic (exact) mass is 493 g/mol. The summed E-state index contributed by atoms with van der Waals surface area (Å²) < 4.78 is 11.7. The Morgan fingerprint density at radius 1 is 1.12 bits per heavy atom. The van der Waals surface area contributed by atoms with Gasteiger partial charge in [-0.15, -0.1) is 0 Å². The van der Waals surface area contributed by atoms with Crippen molar-refractivity contribution >= 4 is 39.4 Å². The fraction of sp³-hybridized carbons (Fsp3) is 0.174. The lowest BCUT2D eigenvalue weighted by Crippen LogP contribution is -2.46.